The summed E-state index contributed by atoms with van der Waals surface area (Å²) in [6.07, 6.45) is 0. The van der Waals surface area contributed by atoms with Crippen LogP contribution in [-0.4, -0.2) is 43.1 Å². The molecule has 3 rings (SSSR count). The highest BCUT2D eigenvalue weighted by Gasteiger charge is 2.21. The van der Waals surface area contributed by atoms with Crippen LogP contribution in [0.15, 0.2) is 18.2 Å². The zero-order valence-corrected chi connectivity index (χ0v) is 15.9. The molecule has 1 aliphatic rings. The minimum Gasteiger partial charge on any atom is -0.378 e. The minimum atomic E-state index is -0.363. The van der Waals surface area contributed by atoms with Crippen LogP contribution in [0.3, 0.4) is 0 Å². The maximum atomic E-state index is 12.5. The van der Waals surface area contributed by atoms with E-state index in [-0.39, 0.29) is 11.8 Å². The summed E-state index contributed by atoms with van der Waals surface area (Å²) in [6, 6.07) is 5.50. The Morgan fingerprint density at radius 1 is 1.12 bits per heavy atom. The molecule has 0 bridgehead atoms. The van der Waals surface area contributed by atoms with Crippen LogP contribution in [0, 0.1) is 20.8 Å². The summed E-state index contributed by atoms with van der Waals surface area (Å²) >= 11 is 1.32. The van der Waals surface area contributed by atoms with Crippen LogP contribution < -0.4 is 15.8 Å². The van der Waals surface area contributed by atoms with Crippen molar-refractivity contribution in [3.05, 3.63) is 45.5 Å². The summed E-state index contributed by atoms with van der Waals surface area (Å²) in [5, 5.41) is 0.803. The lowest BCUT2D eigenvalue weighted by atomic mass is 10.0. The molecule has 1 aromatic carbocycles. The molecule has 7 nitrogen and oxygen atoms in total. The summed E-state index contributed by atoms with van der Waals surface area (Å²) < 4.78 is 5.34. The number of aromatic nitrogens is 1. The van der Waals surface area contributed by atoms with Crippen molar-refractivity contribution in [1.29, 1.82) is 0 Å². The SMILES string of the molecule is Cc1cccc(C(=O)NNC(=O)c2sc(N3CCOCC3)nc2C)c1C. The van der Waals surface area contributed by atoms with Crippen molar-refractivity contribution >= 4 is 28.3 Å². The number of carbonyl (C=O) groups is 2. The largest absolute Gasteiger partial charge is 0.378 e. The molecule has 2 amide bonds. The van der Waals surface area contributed by atoms with Gasteiger partial charge in [-0.05, 0) is 38.0 Å². The summed E-state index contributed by atoms with van der Waals surface area (Å²) in [6.45, 7) is 8.46. The van der Waals surface area contributed by atoms with Crippen LogP contribution in [-0.2, 0) is 4.74 Å². The Morgan fingerprint density at radius 3 is 2.54 bits per heavy atom. The maximum absolute atomic E-state index is 12.5. The Balaban J connectivity index is 1.65. The monoisotopic (exact) mass is 374 g/mol. The van der Waals surface area contributed by atoms with Crippen molar-refractivity contribution in [3.8, 4) is 0 Å². The molecule has 8 heteroatoms. The van der Waals surface area contributed by atoms with Gasteiger partial charge in [0.1, 0.15) is 4.88 Å². The van der Waals surface area contributed by atoms with E-state index in [2.05, 4.69) is 20.7 Å². The molecule has 1 fully saturated rings. The molecule has 1 saturated heterocycles. The molecule has 138 valence electrons. The Morgan fingerprint density at radius 2 is 1.81 bits per heavy atom. The second-order valence-corrected chi connectivity index (χ2v) is 7.14. The highest BCUT2D eigenvalue weighted by Crippen LogP contribution is 2.26. The van der Waals surface area contributed by atoms with E-state index in [1.165, 1.54) is 11.3 Å². The van der Waals surface area contributed by atoms with E-state index < -0.39 is 0 Å². The summed E-state index contributed by atoms with van der Waals surface area (Å²) in [7, 11) is 0. The van der Waals surface area contributed by atoms with Gasteiger partial charge >= 0.3 is 0 Å². The number of nitrogens with zero attached hydrogens (tertiary/aromatic N) is 2. The normalized spacial score (nSPS) is 14.2. The third-order valence-corrected chi connectivity index (χ3v) is 5.63. The zero-order valence-electron chi connectivity index (χ0n) is 15.1. The van der Waals surface area contributed by atoms with E-state index in [1.807, 2.05) is 26.0 Å². The molecule has 0 aliphatic carbocycles. The van der Waals surface area contributed by atoms with Crippen molar-refractivity contribution in [2.45, 2.75) is 20.8 Å². The molecule has 1 aromatic heterocycles. The van der Waals surface area contributed by atoms with E-state index in [0.717, 1.165) is 29.3 Å². The van der Waals surface area contributed by atoms with Gasteiger partial charge in [-0.25, -0.2) is 4.98 Å². The molecule has 26 heavy (non-hydrogen) atoms. The first kappa shape index (κ1) is 18.3. The van der Waals surface area contributed by atoms with Crippen molar-refractivity contribution in [2.75, 3.05) is 31.2 Å². The number of benzene rings is 1. The van der Waals surface area contributed by atoms with E-state index >= 15 is 0 Å². The summed E-state index contributed by atoms with van der Waals surface area (Å²) in [5.74, 6) is -0.701. The molecular formula is C18H22N4O3S. The van der Waals surface area contributed by atoms with Crippen LogP contribution in [0.1, 0.15) is 36.9 Å². The van der Waals surface area contributed by atoms with Crippen LogP contribution in [0.5, 0.6) is 0 Å². The van der Waals surface area contributed by atoms with Crippen molar-refractivity contribution < 1.29 is 14.3 Å². The smallest absolute Gasteiger partial charge is 0.281 e. The van der Waals surface area contributed by atoms with Crippen molar-refractivity contribution in [3.63, 3.8) is 0 Å². The van der Waals surface area contributed by atoms with Crippen LogP contribution >= 0.6 is 11.3 Å². The average molecular weight is 374 g/mol. The van der Waals surface area contributed by atoms with Gasteiger partial charge in [-0.1, -0.05) is 23.5 Å². The lowest BCUT2D eigenvalue weighted by molar-refractivity contribution is 0.0848. The first-order valence-corrected chi connectivity index (χ1v) is 9.26. The summed E-state index contributed by atoms with van der Waals surface area (Å²) in [4.78, 5) is 31.9. The van der Waals surface area contributed by atoms with E-state index in [1.54, 1.807) is 13.0 Å². The fraction of sp³-hybridized carbons (Fsp3) is 0.389. The Kier molecular flexibility index (Phi) is 5.53. The summed E-state index contributed by atoms with van der Waals surface area (Å²) in [5.41, 5.74) is 8.08. The van der Waals surface area contributed by atoms with Gasteiger partial charge < -0.3 is 9.64 Å². The maximum Gasteiger partial charge on any atom is 0.281 e. The van der Waals surface area contributed by atoms with E-state index in [4.69, 9.17) is 4.74 Å². The molecule has 0 spiro atoms. The Bertz CT molecular complexity index is 828. The third-order valence-electron chi connectivity index (χ3n) is 4.41. The number of hydrogen-bond donors (Lipinski definition) is 2. The van der Waals surface area contributed by atoms with E-state index in [0.29, 0.717) is 29.3 Å². The number of ether oxygens (including phenoxy) is 1. The van der Waals surface area contributed by atoms with Crippen LogP contribution in [0.4, 0.5) is 5.13 Å². The van der Waals surface area contributed by atoms with Crippen LogP contribution in [0.25, 0.3) is 0 Å². The fourth-order valence-electron chi connectivity index (χ4n) is 2.72. The van der Waals surface area contributed by atoms with Gasteiger partial charge in [0.25, 0.3) is 11.8 Å². The van der Waals surface area contributed by atoms with Gasteiger partial charge in [-0.15, -0.1) is 0 Å². The van der Waals surface area contributed by atoms with Gasteiger partial charge in [-0.3, -0.25) is 20.4 Å². The average Bonchev–Trinajstić information content (AvgIpc) is 3.04. The number of amides is 2. The van der Waals surface area contributed by atoms with Gasteiger partial charge in [0.2, 0.25) is 0 Å². The number of aryl methyl sites for hydroxylation is 2. The molecule has 1 aliphatic heterocycles. The molecule has 0 saturated carbocycles. The predicted octanol–water partition coefficient (Wildman–Crippen LogP) is 1.98. The van der Waals surface area contributed by atoms with Gasteiger partial charge in [0, 0.05) is 18.7 Å². The molecule has 2 heterocycles. The Labute approximate surface area is 156 Å². The first-order valence-electron chi connectivity index (χ1n) is 8.44. The highest BCUT2D eigenvalue weighted by atomic mass is 32.1. The first-order chi connectivity index (χ1) is 12.5. The highest BCUT2D eigenvalue weighted by molar-refractivity contribution is 7.17. The topological polar surface area (TPSA) is 83.6 Å². The van der Waals surface area contributed by atoms with Gasteiger partial charge in [-0.2, -0.15) is 0 Å². The quantitative estimate of drug-likeness (QED) is 0.803. The second-order valence-electron chi connectivity index (χ2n) is 6.17. The predicted molar refractivity (Wildman–Crippen MR) is 101 cm³/mol. The van der Waals surface area contributed by atoms with Gasteiger partial charge in [0.05, 0.1) is 18.9 Å². The number of anilines is 1. The molecular weight excluding hydrogens is 352 g/mol. The lowest BCUT2D eigenvalue weighted by Crippen LogP contribution is -2.41. The molecule has 0 atom stereocenters. The number of nitrogens with one attached hydrogen (secondary N) is 2. The molecule has 0 unspecified atom stereocenters. The number of hydrazine groups is 1. The fourth-order valence-corrected chi connectivity index (χ4v) is 3.73. The van der Waals surface area contributed by atoms with E-state index in [9.17, 15) is 9.59 Å². The number of morpholine rings is 1. The number of carbonyl (C=O) groups excluding carboxylic acids is 2. The van der Waals surface area contributed by atoms with Crippen LogP contribution in [0.2, 0.25) is 0 Å². The molecule has 2 aromatic rings. The second kappa shape index (κ2) is 7.84. The van der Waals surface area contributed by atoms with Crippen molar-refractivity contribution in [1.82, 2.24) is 15.8 Å². The third kappa shape index (κ3) is 3.86. The van der Waals surface area contributed by atoms with Gasteiger partial charge in [0.15, 0.2) is 5.13 Å². The standard InChI is InChI=1S/C18H22N4O3S/c1-11-5-4-6-14(12(11)2)16(23)20-21-17(24)15-13(3)19-18(26-15)22-7-9-25-10-8-22/h4-6H,7-10H2,1-3H3,(H,20,23)(H,21,24). The molecule has 2 N–H and O–H groups in total. The molecule has 0 radical (unpaired) electrons. The lowest BCUT2D eigenvalue weighted by Gasteiger charge is -2.25. The minimum absolute atomic E-state index is 0.338. The zero-order chi connectivity index (χ0) is 18.7. The number of rotatable bonds is 3. The number of hydrogen-bond acceptors (Lipinski definition) is 6. The Hall–Kier alpha value is -2.45. The van der Waals surface area contributed by atoms with Crippen molar-refractivity contribution in [2.24, 2.45) is 0 Å². The number of thiazole rings is 1.